The van der Waals surface area contributed by atoms with Gasteiger partial charge in [-0.25, -0.2) is 0 Å². The van der Waals surface area contributed by atoms with E-state index >= 15 is 0 Å². The minimum absolute atomic E-state index is 0.0208. The van der Waals surface area contributed by atoms with Crippen molar-refractivity contribution in [3.63, 3.8) is 0 Å². The van der Waals surface area contributed by atoms with E-state index in [0.29, 0.717) is 5.56 Å². The maximum absolute atomic E-state index is 9.05. The molecule has 0 radical (unpaired) electrons. The number of hydrogen-bond donors (Lipinski definition) is 2. The number of rotatable bonds is 1. The summed E-state index contributed by atoms with van der Waals surface area (Å²) in [7, 11) is 0. The molecule has 0 aliphatic rings. The van der Waals surface area contributed by atoms with Crippen LogP contribution in [0.15, 0.2) is 10.7 Å². The van der Waals surface area contributed by atoms with E-state index in [1.54, 1.807) is 0 Å². The van der Waals surface area contributed by atoms with Crippen LogP contribution in [0.25, 0.3) is 0 Å². The highest BCUT2D eigenvalue weighted by atomic mass is 16.5. The highest BCUT2D eigenvalue weighted by Crippen LogP contribution is 2.34. The topological polar surface area (TPSA) is 53.6 Å². The lowest BCUT2D eigenvalue weighted by atomic mass is 10.1. The molecule has 3 heteroatoms. The Balaban J connectivity index is 3.10. The average molecular weight is 142 g/mol. The molecular formula is C7H10O3. The highest BCUT2D eigenvalue weighted by molar-refractivity contribution is 5.38. The van der Waals surface area contributed by atoms with Crippen LogP contribution >= 0.6 is 0 Å². The summed E-state index contributed by atoms with van der Waals surface area (Å²) in [6.45, 7) is 3.73. The molecule has 2 N–H and O–H groups in total. The summed E-state index contributed by atoms with van der Waals surface area (Å²) in [6, 6.07) is 0. The Kier molecular flexibility index (Phi) is 1.57. The van der Waals surface area contributed by atoms with E-state index in [1.807, 2.05) is 13.8 Å². The zero-order valence-corrected chi connectivity index (χ0v) is 5.96. The number of aromatic hydroxyl groups is 2. The minimum atomic E-state index is -0.187. The molecule has 0 saturated heterocycles. The van der Waals surface area contributed by atoms with Gasteiger partial charge in [0.1, 0.15) is 6.26 Å². The molecule has 0 aliphatic heterocycles. The van der Waals surface area contributed by atoms with Crippen molar-refractivity contribution < 1.29 is 14.6 Å². The molecule has 1 rings (SSSR count). The van der Waals surface area contributed by atoms with Gasteiger partial charge in [-0.15, -0.1) is 0 Å². The summed E-state index contributed by atoms with van der Waals surface area (Å²) in [6.07, 6.45) is 1.13. The molecular weight excluding hydrogens is 132 g/mol. The van der Waals surface area contributed by atoms with E-state index in [-0.39, 0.29) is 17.6 Å². The summed E-state index contributed by atoms with van der Waals surface area (Å²) in [5, 5.41) is 18.0. The first-order chi connectivity index (χ1) is 4.63. The second-order valence-electron chi connectivity index (χ2n) is 2.49. The first kappa shape index (κ1) is 6.99. The molecule has 0 bridgehead atoms. The number of hydrogen-bond acceptors (Lipinski definition) is 3. The van der Waals surface area contributed by atoms with Gasteiger partial charge in [-0.3, -0.25) is 0 Å². The quantitative estimate of drug-likeness (QED) is 0.628. The van der Waals surface area contributed by atoms with E-state index in [0.717, 1.165) is 6.26 Å². The molecule has 0 amide bonds. The molecule has 3 nitrogen and oxygen atoms in total. The molecule has 0 fully saturated rings. The van der Waals surface area contributed by atoms with Gasteiger partial charge in [-0.1, -0.05) is 13.8 Å². The molecule has 0 atom stereocenters. The molecule has 0 spiro atoms. The highest BCUT2D eigenvalue weighted by Gasteiger charge is 2.14. The van der Waals surface area contributed by atoms with E-state index in [9.17, 15) is 0 Å². The lowest BCUT2D eigenvalue weighted by Crippen LogP contribution is -1.83. The van der Waals surface area contributed by atoms with Crippen molar-refractivity contribution in [3.05, 3.63) is 11.8 Å². The third kappa shape index (κ3) is 0.943. The minimum Gasteiger partial charge on any atom is -0.504 e. The van der Waals surface area contributed by atoms with Crippen LogP contribution < -0.4 is 0 Å². The fourth-order valence-electron chi connectivity index (χ4n) is 0.891. The van der Waals surface area contributed by atoms with Crippen LogP contribution in [-0.4, -0.2) is 10.2 Å². The van der Waals surface area contributed by atoms with Crippen LogP contribution in [0.5, 0.6) is 11.7 Å². The van der Waals surface area contributed by atoms with Gasteiger partial charge in [0.2, 0.25) is 0 Å². The predicted octanol–water partition coefficient (Wildman–Crippen LogP) is 1.81. The van der Waals surface area contributed by atoms with Crippen molar-refractivity contribution in [2.75, 3.05) is 0 Å². The van der Waals surface area contributed by atoms with E-state index in [1.165, 1.54) is 0 Å². The molecule has 1 heterocycles. The predicted molar refractivity (Wildman–Crippen MR) is 36.1 cm³/mol. The Bertz CT molecular complexity index is 205. The fourth-order valence-corrected chi connectivity index (χ4v) is 0.891. The summed E-state index contributed by atoms with van der Waals surface area (Å²) in [5.74, 6) is -0.0845. The van der Waals surface area contributed by atoms with Gasteiger partial charge < -0.3 is 14.6 Å². The van der Waals surface area contributed by atoms with Crippen molar-refractivity contribution in [1.29, 1.82) is 0 Å². The first-order valence-electron chi connectivity index (χ1n) is 3.12. The van der Waals surface area contributed by atoms with Crippen LogP contribution in [0.1, 0.15) is 25.3 Å². The Morgan fingerprint density at radius 2 is 2.00 bits per heavy atom. The SMILES string of the molecule is CC(C)c1c(O)coc1O. The third-order valence-corrected chi connectivity index (χ3v) is 1.37. The van der Waals surface area contributed by atoms with Gasteiger partial charge in [-0.05, 0) is 5.92 Å². The molecule has 10 heavy (non-hydrogen) atoms. The smallest absolute Gasteiger partial charge is 0.289 e. The van der Waals surface area contributed by atoms with Gasteiger partial charge in [0, 0.05) is 0 Å². The fraction of sp³-hybridized carbons (Fsp3) is 0.429. The van der Waals surface area contributed by atoms with Gasteiger partial charge in [-0.2, -0.15) is 0 Å². The van der Waals surface area contributed by atoms with Crippen LogP contribution in [0.3, 0.4) is 0 Å². The lowest BCUT2D eigenvalue weighted by Gasteiger charge is -1.99. The molecule has 0 aromatic carbocycles. The lowest BCUT2D eigenvalue weighted by molar-refractivity contribution is 0.326. The van der Waals surface area contributed by atoms with Crippen molar-refractivity contribution >= 4 is 0 Å². The average Bonchev–Trinajstić information content (AvgIpc) is 2.11. The second kappa shape index (κ2) is 2.25. The Hall–Kier alpha value is -1.12. The summed E-state index contributed by atoms with van der Waals surface area (Å²) in [4.78, 5) is 0. The van der Waals surface area contributed by atoms with E-state index < -0.39 is 0 Å². The maximum Gasteiger partial charge on any atom is 0.289 e. The van der Waals surface area contributed by atoms with Crippen LogP contribution in [0.4, 0.5) is 0 Å². The van der Waals surface area contributed by atoms with Crippen LogP contribution in [-0.2, 0) is 0 Å². The standard InChI is InChI=1S/C7H10O3/c1-4(2)6-5(8)3-10-7(6)9/h3-4,8-9H,1-2H3. The normalized spacial score (nSPS) is 10.7. The second-order valence-corrected chi connectivity index (χ2v) is 2.49. The summed E-state index contributed by atoms with van der Waals surface area (Å²) >= 11 is 0. The van der Waals surface area contributed by atoms with Gasteiger partial charge >= 0.3 is 0 Å². The Morgan fingerprint density at radius 1 is 1.40 bits per heavy atom. The molecule has 0 saturated carbocycles. The van der Waals surface area contributed by atoms with Crippen LogP contribution in [0, 0.1) is 0 Å². The number of furan rings is 1. The Morgan fingerprint density at radius 3 is 2.20 bits per heavy atom. The van der Waals surface area contributed by atoms with Crippen LogP contribution in [0.2, 0.25) is 0 Å². The van der Waals surface area contributed by atoms with Gasteiger partial charge in [0.05, 0.1) is 5.56 Å². The van der Waals surface area contributed by atoms with Crippen molar-refractivity contribution in [1.82, 2.24) is 0 Å². The van der Waals surface area contributed by atoms with Crippen molar-refractivity contribution in [3.8, 4) is 11.7 Å². The van der Waals surface area contributed by atoms with E-state index in [4.69, 9.17) is 10.2 Å². The zero-order chi connectivity index (χ0) is 7.72. The largest absolute Gasteiger partial charge is 0.504 e. The monoisotopic (exact) mass is 142 g/mol. The maximum atomic E-state index is 9.05. The summed E-state index contributed by atoms with van der Waals surface area (Å²) < 4.78 is 4.56. The van der Waals surface area contributed by atoms with Crippen molar-refractivity contribution in [2.24, 2.45) is 0 Å². The Labute approximate surface area is 58.9 Å². The summed E-state index contributed by atoms with van der Waals surface area (Å²) in [5.41, 5.74) is 0.472. The first-order valence-corrected chi connectivity index (χ1v) is 3.12. The zero-order valence-electron chi connectivity index (χ0n) is 5.96. The van der Waals surface area contributed by atoms with Gasteiger partial charge in [0.15, 0.2) is 5.75 Å². The van der Waals surface area contributed by atoms with E-state index in [2.05, 4.69) is 4.42 Å². The van der Waals surface area contributed by atoms with Crippen molar-refractivity contribution in [2.45, 2.75) is 19.8 Å². The molecule has 1 aromatic heterocycles. The molecule has 1 aromatic rings. The molecule has 0 unspecified atom stereocenters. The molecule has 0 aliphatic carbocycles. The third-order valence-electron chi connectivity index (χ3n) is 1.37. The van der Waals surface area contributed by atoms with Gasteiger partial charge in [0.25, 0.3) is 5.95 Å². The molecule has 56 valence electrons.